The van der Waals surface area contributed by atoms with Gasteiger partial charge in [-0.3, -0.25) is 0 Å². The fourth-order valence-corrected chi connectivity index (χ4v) is 5.74. The summed E-state index contributed by atoms with van der Waals surface area (Å²) < 4.78 is 16.3. The number of ether oxygens (including phenoxy) is 2. The number of rotatable bonds is 2. The van der Waals surface area contributed by atoms with E-state index < -0.39 is 0 Å². The first kappa shape index (κ1) is 34.6. The van der Waals surface area contributed by atoms with E-state index in [9.17, 15) is 5.11 Å². The zero-order chi connectivity index (χ0) is 29.9. The minimum Gasteiger partial charge on any atom is -0.506 e. The second-order valence-electron chi connectivity index (χ2n) is 12.4. The number of phenols is 1. The second kappa shape index (κ2) is 14.8. The van der Waals surface area contributed by atoms with E-state index >= 15 is 0 Å². The van der Waals surface area contributed by atoms with E-state index in [1.165, 1.54) is 6.42 Å². The minimum atomic E-state index is -0.0313. The van der Waals surface area contributed by atoms with Crippen molar-refractivity contribution in [3.8, 4) is 5.75 Å². The Morgan fingerprint density at radius 1 is 0.810 bits per heavy atom. The van der Waals surface area contributed by atoms with Gasteiger partial charge in [0.1, 0.15) is 5.75 Å². The van der Waals surface area contributed by atoms with E-state index in [0.29, 0.717) is 15.8 Å². The fourth-order valence-electron chi connectivity index (χ4n) is 4.81. The van der Waals surface area contributed by atoms with Crippen LogP contribution in [0, 0.1) is 19.3 Å². The number of hydrogen-bond acceptors (Lipinski definition) is 5. The van der Waals surface area contributed by atoms with Crippen molar-refractivity contribution < 1.29 is 14.6 Å². The summed E-state index contributed by atoms with van der Waals surface area (Å²) in [6, 6.07) is 4.02. The van der Waals surface area contributed by atoms with Crippen molar-refractivity contribution >= 4 is 60.9 Å². The predicted octanol–water partition coefficient (Wildman–Crippen LogP) is 10.6. The Morgan fingerprint density at radius 3 is 1.69 bits per heavy atom. The summed E-state index contributed by atoms with van der Waals surface area (Å²) in [5.74, 6) is 0.105. The number of hydrogen-bond donors (Lipinski definition) is 1. The standard InChI is InChI=1S/C13H14BrClN2O.C13H15ClN2O2.C5H12.CH4/c1-8-6-10-9(12(14)13(8)15)7-16-17(10)11-4-2-3-5-18-11;1-8-6-10-9(13(17)12(8)14)7-15-16(10)11-4-2-3-5-18-11;1-5(2,3)4;/h6-7,11H,2-5H2,1H3;6-7,11,17H,2-5H2,1H3;1-4H3;1H4. The van der Waals surface area contributed by atoms with Crippen LogP contribution in [0.25, 0.3) is 21.8 Å². The minimum absolute atomic E-state index is 0. The monoisotopic (exact) mass is 682 g/mol. The topological polar surface area (TPSA) is 74.3 Å². The van der Waals surface area contributed by atoms with Crippen LogP contribution in [0.15, 0.2) is 29.0 Å². The van der Waals surface area contributed by atoms with Crippen LogP contribution < -0.4 is 0 Å². The average molecular weight is 685 g/mol. The summed E-state index contributed by atoms with van der Waals surface area (Å²) in [6.07, 6.45) is 10.1. The second-order valence-corrected chi connectivity index (χ2v) is 13.9. The highest BCUT2D eigenvalue weighted by Gasteiger charge is 2.22. The Morgan fingerprint density at radius 2 is 1.24 bits per heavy atom. The summed E-state index contributed by atoms with van der Waals surface area (Å²) in [4.78, 5) is 0. The smallest absolute Gasteiger partial charge is 0.150 e. The van der Waals surface area contributed by atoms with Crippen LogP contribution in [0.1, 0.15) is 97.2 Å². The molecule has 7 nitrogen and oxygen atoms in total. The van der Waals surface area contributed by atoms with Crippen LogP contribution >= 0.6 is 39.1 Å². The molecule has 4 aromatic rings. The van der Waals surface area contributed by atoms with Crippen LogP contribution in [-0.4, -0.2) is 37.9 Å². The molecule has 2 atom stereocenters. The Labute approximate surface area is 268 Å². The highest BCUT2D eigenvalue weighted by molar-refractivity contribution is 9.10. The van der Waals surface area contributed by atoms with Crippen molar-refractivity contribution in [3.05, 3.63) is 50.2 Å². The first-order chi connectivity index (χ1) is 19.4. The van der Waals surface area contributed by atoms with Gasteiger partial charge in [-0.2, -0.15) is 10.2 Å². The molecule has 2 aromatic carbocycles. The van der Waals surface area contributed by atoms with Gasteiger partial charge in [0.15, 0.2) is 12.5 Å². The summed E-state index contributed by atoms with van der Waals surface area (Å²) in [7, 11) is 0. The third kappa shape index (κ3) is 8.20. The first-order valence-corrected chi connectivity index (χ1v) is 15.8. The maximum Gasteiger partial charge on any atom is 0.150 e. The fraction of sp³-hybridized carbons (Fsp3) is 0.562. The van der Waals surface area contributed by atoms with E-state index in [-0.39, 0.29) is 25.6 Å². The van der Waals surface area contributed by atoms with Gasteiger partial charge < -0.3 is 14.6 Å². The molecule has 10 heteroatoms. The summed E-state index contributed by atoms with van der Waals surface area (Å²) in [6.45, 7) is 14.2. The molecule has 0 spiro atoms. The number of fused-ring (bicyclic) bond motifs is 2. The number of aromatic nitrogens is 4. The van der Waals surface area contributed by atoms with E-state index in [2.05, 4.69) is 59.9 Å². The maximum atomic E-state index is 10.0. The van der Waals surface area contributed by atoms with Gasteiger partial charge in [0, 0.05) is 23.1 Å². The summed E-state index contributed by atoms with van der Waals surface area (Å²) in [5, 5.41) is 21.7. The quantitative estimate of drug-likeness (QED) is 0.228. The largest absolute Gasteiger partial charge is 0.506 e. The predicted molar refractivity (Wildman–Crippen MR) is 178 cm³/mol. The van der Waals surface area contributed by atoms with Gasteiger partial charge in [0.2, 0.25) is 0 Å². The van der Waals surface area contributed by atoms with Crippen LogP contribution in [0.2, 0.25) is 10.0 Å². The lowest BCUT2D eigenvalue weighted by Crippen LogP contribution is -2.18. The third-order valence-electron chi connectivity index (χ3n) is 6.82. The molecule has 0 bridgehead atoms. The molecule has 0 saturated carbocycles. The zero-order valence-corrected chi connectivity index (χ0v) is 27.9. The molecule has 2 saturated heterocycles. The highest BCUT2D eigenvalue weighted by atomic mass is 79.9. The van der Waals surface area contributed by atoms with E-state index in [1.807, 2.05) is 35.5 Å². The average Bonchev–Trinajstić information content (AvgIpc) is 3.56. The molecule has 0 radical (unpaired) electrons. The molecule has 42 heavy (non-hydrogen) atoms. The molecule has 2 aliphatic rings. The number of phenolic OH excluding ortho intramolecular Hbond substituents is 1. The third-order valence-corrected chi connectivity index (χ3v) is 8.83. The lowest BCUT2D eigenvalue weighted by atomic mass is 10.0. The van der Waals surface area contributed by atoms with Crippen molar-refractivity contribution in [2.45, 2.75) is 99.9 Å². The van der Waals surface area contributed by atoms with Crippen molar-refractivity contribution in [1.29, 1.82) is 0 Å². The van der Waals surface area contributed by atoms with Gasteiger partial charge in [0.05, 0.1) is 38.9 Å². The van der Waals surface area contributed by atoms with Gasteiger partial charge in [0.25, 0.3) is 0 Å². The van der Waals surface area contributed by atoms with Crippen LogP contribution in [0.3, 0.4) is 0 Å². The molecule has 1 N–H and O–H groups in total. The van der Waals surface area contributed by atoms with Crippen molar-refractivity contribution in [1.82, 2.24) is 19.6 Å². The molecule has 2 aromatic heterocycles. The van der Waals surface area contributed by atoms with Crippen molar-refractivity contribution in [3.63, 3.8) is 0 Å². The highest BCUT2D eigenvalue weighted by Crippen LogP contribution is 2.38. The van der Waals surface area contributed by atoms with Crippen LogP contribution in [0.5, 0.6) is 5.75 Å². The first-order valence-electron chi connectivity index (χ1n) is 14.3. The number of benzene rings is 2. The SMILES string of the molecule is C.CC(C)(C)C.Cc1cc2c(cnn2C2CCCCO2)c(Br)c1Cl.Cc1cc2c(cnn2C2CCCCO2)c(O)c1Cl. The van der Waals surface area contributed by atoms with Crippen LogP contribution in [-0.2, 0) is 9.47 Å². The molecular formula is C32H45BrCl2N4O3. The Hall–Kier alpha value is -1.84. The molecule has 2 fully saturated rings. The normalized spacial score (nSPS) is 19.0. The van der Waals surface area contributed by atoms with Crippen molar-refractivity contribution in [2.75, 3.05) is 13.2 Å². The van der Waals surface area contributed by atoms with E-state index in [0.717, 1.165) is 82.4 Å². The molecule has 0 amide bonds. The summed E-state index contributed by atoms with van der Waals surface area (Å²) in [5.41, 5.74) is 4.35. The number of aryl methyl sites for hydroxylation is 2. The lowest BCUT2D eigenvalue weighted by Gasteiger charge is -2.23. The molecule has 232 valence electrons. The number of nitrogens with zero attached hydrogens (tertiary/aromatic N) is 4. The van der Waals surface area contributed by atoms with E-state index in [4.69, 9.17) is 32.7 Å². The molecule has 0 aliphatic carbocycles. The number of aromatic hydroxyl groups is 1. The van der Waals surface area contributed by atoms with Crippen LogP contribution in [0.4, 0.5) is 0 Å². The Balaban J connectivity index is 0.000000195. The molecule has 2 aliphatic heterocycles. The van der Waals surface area contributed by atoms with Gasteiger partial charge in [-0.05, 0) is 97.0 Å². The summed E-state index contributed by atoms with van der Waals surface area (Å²) >= 11 is 15.8. The van der Waals surface area contributed by atoms with Gasteiger partial charge >= 0.3 is 0 Å². The van der Waals surface area contributed by atoms with Gasteiger partial charge in [-0.1, -0.05) is 58.3 Å². The molecule has 4 heterocycles. The Bertz CT molecular complexity index is 1370. The van der Waals surface area contributed by atoms with Crippen molar-refractivity contribution in [2.24, 2.45) is 5.41 Å². The zero-order valence-electron chi connectivity index (χ0n) is 24.8. The molecular weight excluding hydrogens is 639 g/mol. The van der Waals surface area contributed by atoms with E-state index in [1.54, 1.807) is 6.20 Å². The number of halogens is 3. The maximum absolute atomic E-state index is 10.0. The molecule has 2 unspecified atom stereocenters. The van der Waals surface area contributed by atoms with Gasteiger partial charge in [-0.15, -0.1) is 0 Å². The Kier molecular flexibility index (Phi) is 12.2. The molecule has 6 rings (SSSR count). The lowest BCUT2D eigenvalue weighted by molar-refractivity contribution is -0.0367. The van der Waals surface area contributed by atoms with Gasteiger partial charge in [-0.25, -0.2) is 9.36 Å².